The second-order valence-electron chi connectivity index (χ2n) is 7.08. The predicted octanol–water partition coefficient (Wildman–Crippen LogP) is 1.36. The molecule has 0 aromatic carbocycles. The summed E-state index contributed by atoms with van der Waals surface area (Å²) in [5.41, 5.74) is -1.22. The number of rotatable bonds is 6. The molecule has 22 heavy (non-hydrogen) atoms. The van der Waals surface area contributed by atoms with Gasteiger partial charge < -0.3 is 15.2 Å². The first kappa shape index (κ1) is 20.6. The average molecular weight is 339 g/mol. The van der Waals surface area contributed by atoms with Crippen LogP contribution in [0.4, 0.5) is 4.79 Å². The van der Waals surface area contributed by atoms with Gasteiger partial charge in [0.1, 0.15) is 17.4 Å². The van der Waals surface area contributed by atoms with Crippen molar-refractivity contribution in [3.63, 3.8) is 0 Å². The molecule has 0 aliphatic carbocycles. The fourth-order valence-corrected chi connectivity index (χ4v) is 2.41. The van der Waals surface area contributed by atoms with Crippen LogP contribution in [0.1, 0.15) is 41.5 Å². The number of hydrogen-bond acceptors (Lipinski definition) is 6. The van der Waals surface area contributed by atoms with E-state index < -0.39 is 45.0 Å². The van der Waals surface area contributed by atoms with Gasteiger partial charge >= 0.3 is 12.1 Å². The van der Waals surface area contributed by atoms with Gasteiger partial charge in [0, 0.05) is 0 Å². The fraction of sp³-hybridized carbons (Fsp3) is 0.846. The third-order valence-corrected chi connectivity index (χ3v) is 3.25. The Morgan fingerprint density at radius 1 is 1.14 bits per heavy atom. The zero-order valence-corrected chi connectivity index (χ0v) is 14.6. The molecule has 8 nitrogen and oxygen atoms in total. The van der Waals surface area contributed by atoms with E-state index in [0.717, 1.165) is 0 Å². The van der Waals surface area contributed by atoms with Gasteiger partial charge in [0.05, 0.1) is 6.61 Å². The standard InChI is InChI=1S/C13H25NO7S/c1-12(2,3)8-20-22(18,19)7-9(10(15)16)14-11(17)21-13(4,5)6/h9H,7-8H2,1-6H3,(H,14,17)(H,15,16)/t9-/m0/s1. The summed E-state index contributed by atoms with van der Waals surface area (Å²) in [4.78, 5) is 22.6. The maximum Gasteiger partial charge on any atom is 0.408 e. The SMILES string of the molecule is CC(C)(C)COS(=O)(=O)C[C@H](NC(=O)OC(C)(C)C)C(=O)O. The fourth-order valence-electron chi connectivity index (χ4n) is 1.14. The monoisotopic (exact) mass is 339 g/mol. The maximum atomic E-state index is 11.8. The highest BCUT2D eigenvalue weighted by molar-refractivity contribution is 7.86. The van der Waals surface area contributed by atoms with Crippen LogP contribution in [0.5, 0.6) is 0 Å². The number of hydrogen-bond donors (Lipinski definition) is 2. The van der Waals surface area contributed by atoms with Crippen LogP contribution in [0, 0.1) is 5.41 Å². The molecule has 0 unspecified atom stereocenters. The minimum atomic E-state index is -4.10. The molecule has 130 valence electrons. The second kappa shape index (κ2) is 7.28. The Bertz CT molecular complexity index is 499. The zero-order valence-electron chi connectivity index (χ0n) is 13.8. The summed E-state index contributed by atoms with van der Waals surface area (Å²) in [6, 6.07) is -1.65. The zero-order chi connectivity index (χ0) is 17.8. The first-order valence-corrected chi connectivity index (χ1v) is 8.28. The van der Waals surface area contributed by atoms with Crippen molar-refractivity contribution >= 4 is 22.2 Å². The van der Waals surface area contributed by atoms with Crippen molar-refractivity contribution in [3.05, 3.63) is 0 Å². The summed E-state index contributed by atoms with van der Waals surface area (Å²) < 4.78 is 33.2. The van der Waals surface area contributed by atoms with Gasteiger partial charge in [-0.05, 0) is 26.2 Å². The number of alkyl carbamates (subject to hydrolysis) is 1. The summed E-state index contributed by atoms with van der Waals surface area (Å²) in [5.74, 6) is -2.37. The van der Waals surface area contributed by atoms with E-state index >= 15 is 0 Å². The van der Waals surface area contributed by atoms with Crippen LogP contribution in [-0.4, -0.2) is 49.6 Å². The molecule has 0 spiro atoms. The van der Waals surface area contributed by atoms with Crippen molar-refractivity contribution in [1.29, 1.82) is 0 Å². The van der Waals surface area contributed by atoms with E-state index in [1.165, 1.54) is 0 Å². The molecule has 0 radical (unpaired) electrons. The topological polar surface area (TPSA) is 119 Å². The van der Waals surface area contributed by atoms with Gasteiger partial charge in [0.2, 0.25) is 0 Å². The third kappa shape index (κ3) is 10.4. The molecule has 9 heteroatoms. The van der Waals surface area contributed by atoms with E-state index in [4.69, 9.17) is 14.0 Å². The minimum Gasteiger partial charge on any atom is -0.480 e. The first-order valence-electron chi connectivity index (χ1n) is 6.71. The molecule has 0 bridgehead atoms. The number of ether oxygens (including phenoxy) is 1. The molecular formula is C13H25NO7S. The lowest BCUT2D eigenvalue weighted by molar-refractivity contribution is -0.138. The van der Waals surface area contributed by atoms with Gasteiger partial charge in [0.25, 0.3) is 10.1 Å². The summed E-state index contributed by atoms with van der Waals surface area (Å²) in [7, 11) is -4.10. The Kier molecular flexibility index (Phi) is 6.83. The number of nitrogens with one attached hydrogen (secondary N) is 1. The number of amides is 1. The van der Waals surface area contributed by atoms with Crippen LogP contribution in [0.3, 0.4) is 0 Å². The number of carboxylic acid groups (broad SMARTS) is 1. The molecule has 0 aliphatic rings. The Hall–Kier alpha value is -1.35. The van der Waals surface area contributed by atoms with E-state index in [0.29, 0.717) is 0 Å². The summed E-state index contributed by atoms with van der Waals surface area (Å²) in [5, 5.41) is 11.0. The molecule has 0 saturated carbocycles. The van der Waals surface area contributed by atoms with Gasteiger partial charge in [-0.2, -0.15) is 8.42 Å². The number of carbonyl (C=O) groups is 2. The lowest BCUT2D eigenvalue weighted by Crippen LogP contribution is -2.47. The predicted molar refractivity (Wildman–Crippen MR) is 80.0 cm³/mol. The van der Waals surface area contributed by atoms with Gasteiger partial charge in [0.15, 0.2) is 0 Å². The highest BCUT2D eigenvalue weighted by Crippen LogP contribution is 2.15. The van der Waals surface area contributed by atoms with E-state index in [-0.39, 0.29) is 6.61 Å². The van der Waals surface area contributed by atoms with Crippen molar-refractivity contribution in [3.8, 4) is 0 Å². The maximum absolute atomic E-state index is 11.8. The van der Waals surface area contributed by atoms with Crippen LogP contribution < -0.4 is 5.32 Å². The van der Waals surface area contributed by atoms with E-state index in [9.17, 15) is 18.0 Å². The lowest BCUT2D eigenvalue weighted by atomic mass is 9.99. The van der Waals surface area contributed by atoms with Crippen molar-refractivity contribution < 1.29 is 32.0 Å². The quantitative estimate of drug-likeness (QED) is 0.701. The molecule has 0 fully saturated rings. The number of carbonyl (C=O) groups excluding carboxylic acids is 1. The normalized spacial score (nSPS) is 14.3. The summed E-state index contributed by atoms with van der Waals surface area (Å²) >= 11 is 0. The largest absolute Gasteiger partial charge is 0.480 e. The van der Waals surface area contributed by atoms with Crippen molar-refractivity contribution in [2.75, 3.05) is 12.4 Å². The Labute approximate surface area is 131 Å². The summed E-state index contributed by atoms with van der Waals surface area (Å²) in [6.07, 6.45) is -1.01. The van der Waals surface area contributed by atoms with E-state index in [1.54, 1.807) is 41.5 Å². The van der Waals surface area contributed by atoms with Crippen LogP contribution in [0.15, 0.2) is 0 Å². The molecule has 0 aromatic heterocycles. The smallest absolute Gasteiger partial charge is 0.408 e. The Balaban J connectivity index is 4.78. The van der Waals surface area contributed by atoms with E-state index in [1.807, 2.05) is 5.32 Å². The van der Waals surface area contributed by atoms with Gasteiger partial charge in [-0.3, -0.25) is 4.18 Å². The lowest BCUT2D eigenvalue weighted by Gasteiger charge is -2.22. The summed E-state index contributed by atoms with van der Waals surface area (Å²) in [6.45, 7) is 10.0. The minimum absolute atomic E-state index is 0.0892. The highest BCUT2D eigenvalue weighted by atomic mass is 32.2. The number of aliphatic carboxylic acids is 1. The van der Waals surface area contributed by atoms with Gasteiger partial charge in [-0.1, -0.05) is 20.8 Å². The Morgan fingerprint density at radius 3 is 2.00 bits per heavy atom. The van der Waals surface area contributed by atoms with Crippen LogP contribution in [0.2, 0.25) is 0 Å². The van der Waals surface area contributed by atoms with Crippen LogP contribution in [0.25, 0.3) is 0 Å². The van der Waals surface area contributed by atoms with Crippen LogP contribution in [-0.2, 0) is 23.8 Å². The average Bonchev–Trinajstić information content (AvgIpc) is 2.21. The molecule has 0 rings (SSSR count). The van der Waals surface area contributed by atoms with Crippen LogP contribution >= 0.6 is 0 Å². The molecule has 2 N–H and O–H groups in total. The van der Waals surface area contributed by atoms with E-state index in [2.05, 4.69) is 0 Å². The van der Waals surface area contributed by atoms with Gasteiger partial charge in [-0.25, -0.2) is 9.59 Å². The van der Waals surface area contributed by atoms with Gasteiger partial charge in [-0.15, -0.1) is 0 Å². The van der Waals surface area contributed by atoms with Crippen molar-refractivity contribution in [2.24, 2.45) is 5.41 Å². The molecule has 0 aliphatic heterocycles. The van der Waals surface area contributed by atoms with Crippen molar-refractivity contribution in [2.45, 2.75) is 53.2 Å². The molecule has 0 heterocycles. The van der Waals surface area contributed by atoms with Crippen molar-refractivity contribution in [1.82, 2.24) is 5.32 Å². The first-order chi connectivity index (χ1) is 9.61. The Morgan fingerprint density at radius 2 is 1.64 bits per heavy atom. The molecule has 1 atom stereocenters. The molecular weight excluding hydrogens is 314 g/mol. The highest BCUT2D eigenvalue weighted by Gasteiger charge is 2.30. The molecule has 0 aromatic rings. The molecule has 1 amide bonds. The molecule has 0 saturated heterocycles. The second-order valence-corrected chi connectivity index (χ2v) is 8.77. The number of carboxylic acids is 1. The third-order valence-electron chi connectivity index (χ3n) is 2.03.